The first kappa shape index (κ1) is 26.3. The Morgan fingerprint density at radius 2 is 1.50 bits per heavy atom. The molecule has 2 nitrogen and oxygen atoms in total. The number of rotatable bonds is 6. The van der Waals surface area contributed by atoms with Crippen molar-refractivity contribution in [3.63, 3.8) is 0 Å². The molecule has 0 bridgehead atoms. The first-order valence-electron chi connectivity index (χ1n) is 21.3. The number of hydrogen-bond acceptors (Lipinski definition) is 2. The molecule has 2 heteroatoms. The van der Waals surface area contributed by atoms with Gasteiger partial charge in [0.1, 0.15) is 6.61 Å². The summed E-state index contributed by atoms with van der Waals surface area (Å²) in [5, 5.41) is 10.00. The van der Waals surface area contributed by atoms with Gasteiger partial charge in [-0.2, -0.15) is 0 Å². The van der Waals surface area contributed by atoms with Gasteiger partial charge in [-0.15, -0.1) is 0 Å². The number of carbonyl (C=O) groups excluding carboxylic acids is 1. The van der Waals surface area contributed by atoms with Crippen LogP contribution in [0.4, 0.5) is 0 Å². The smallest absolute Gasteiger partial charge is 0.158 e. The van der Waals surface area contributed by atoms with Gasteiger partial charge in [-0.25, -0.2) is 0 Å². The van der Waals surface area contributed by atoms with Crippen molar-refractivity contribution in [2.45, 2.75) is 89.8 Å². The van der Waals surface area contributed by atoms with Gasteiger partial charge in [-0.05, 0) is 167 Å². The van der Waals surface area contributed by atoms with Crippen LogP contribution in [0.3, 0.4) is 0 Å². The van der Waals surface area contributed by atoms with Gasteiger partial charge in [0.25, 0.3) is 0 Å². The zero-order chi connectivity index (χ0) is 34.3. The minimum absolute atomic E-state index is 0.00803. The summed E-state index contributed by atoms with van der Waals surface area (Å²) in [6.45, 7) is -0.346. The molecule has 13 atom stereocenters. The normalized spacial score (nSPS) is 42.7. The first-order chi connectivity index (χ1) is 26.7. The number of allylic oxidation sites excluding steroid dienone is 8. The summed E-state index contributed by atoms with van der Waals surface area (Å²) in [5.41, 5.74) is 32.3. The molecule has 2 spiro atoms. The maximum Gasteiger partial charge on any atom is 0.158 e. The van der Waals surface area contributed by atoms with Gasteiger partial charge in [0.15, 0.2) is 5.78 Å². The lowest BCUT2D eigenvalue weighted by Crippen LogP contribution is -2.40. The minimum atomic E-state index is -0.346. The van der Waals surface area contributed by atoms with E-state index in [0.717, 1.165) is 12.8 Å². The number of carbonyl (C=O) groups is 1. The van der Waals surface area contributed by atoms with Crippen molar-refractivity contribution in [1.82, 2.24) is 0 Å². The van der Waals surface area contributed by atoms with E-state index < -0.39 is 0 Å². The molecule has 13 unspecified atom stereocenters. The van der Waals surface area contributed by atoms with Crippen LogP contribution in [0.2, 0.25) is 0 Å². The van der Waals surface area contributed by atoms with Crippen molar-refractivity contribution in [1.29, 1.82) is 0 Å². The summed E-state index contributed by atoms with van der Waals surface area (Å²) < 4.78 is 0. The van der Waals surface area contributed by atoms with Crippen molar-refractivity contribution in [2.24, 2.45) is 17.8 Å². The standard InChI is InChI=1S/C52H36O2/c53-19-21(54)7-4-18-50(20-5-2-1-3-6-20)51-46-30-16-14-28-26-12-10-24-22-8-9-23-25-11-13-27-29-15-17-31(30)47(51)39(29)43-37(27)35(25)41-33(23)32(22)40-34(24)36(26)42(38(28)46)48-44(40)45(41)49(43)52(48,50)51/h1-3,5-6,8-10,12,14-17,22-25,27,30,32-33,38,46,53H,4,7,11,13,18-19H2. The van der Waals surface area contributed by atoms with E-state index in [1.165, 1.54) is 18.4 Å². The lowest BCUT2D eigenvalue weighted by Gasteiger charge is -2.44. The molecule has 1 N–H and O–H groups in total. The molecule has 14 aliphatic rings. The molecule has 18 rings (SSSR count). The molecule has 0 aliphatic heterocycles. The minimum Gasteiger partial charge on any atom is -0.389 e. The predicted octanol–water partition coefficient (Wildman–Crippen LogP) is 9.69. The van der Waals surface area contributed by atoms with Crippen LogP contribution < -0.4 is 0 Å². The number of benzene rings is 4. The van der Waals surface area contributed by atoms with Crippen LogP contribution in [0.5, 0.6) is 0 Å². The Balaban J connectivity index is 1.14. The van der Waals surface area contributed by atoms with Crippen LogP contribution in [-0.2, 0) is 21.0 Å². The molecule has 4 aromatic rings. The average molecular weight is 693 g/mol. The number of aliphatic hydroxyl groups is 1. The highest BCUT2D eigenvalue weighted by Gasteiger charge is 2.98. The number of Topliss-reactive ketones (excluding diaryl/α,β-unsaturated/α-hetero) is 1. The topological polar surface area (TPSA) is 37.3 Å². The molecular formula is C52H36O2. The van der Waals surface area contributed by atoms with E-state index in [2.05, 4.69) is 78.9 Å². The molecule has 1 fully saturated rings. The number of aliphatic hydroxyl groups excluding tert-OH is 1. The van der Waals surface area contributed by atoms with Crippen LogP contribution in [-0.4, -0.2) is 17.5 Å². The summed E-state index contributed by atoms with van der Waals surface area (Å²) in [7, 11) is 0. The van der Waals surface area contributed by atoms with Crippen LogP contribution >= 0.6 is 0 Å². The van der Waals surface area contributed by atoms with Crippen molar-refractivity contribution in [2.75, 3.05) is 6.61 Å². The SMILES string of the molecule is O=C(CO)CCCC1(c2ccccc2)C23c4c5c6c7c8c4-c4c9c%10c%11c(c42)C2C4=C%11C=CC%10C%10C=CC(C7CCC6c6ccc7c(c6-5)C13C2C7C=C4)C8C9%10. The Labute approximate surface area is 313 Å². The molecule has 0 amide bonds. The number of ketones is 1. The van der Waals surface area contributed by atoms with Gasteiger partial charge in [-0.3, -0.25) is 4.79 Å². The summed E-state index contributed by atoms with van der Waals surface area (Å²) >= 11 is 0. The Morgan fingerprint density at radius 3 is 2.41 bits per heavy atom. The van der Waals surface area contributed by atoms with E-state index in [1.54, 1.807) is 89.0 Å². The quantitative estimate of drug-likeness (QED) is 0.205. The molecule has 256 valence electrons. The Kier molecular flexibility index (Phi) is 3.55. The molecule has 0 aromatic heterocycles. The molecular weight excluding hydrogens is 657 g/mol. The lowest BCUT2D eigenvalue weighted by atomic mass is 9.57. The largest absolute Gasteiger partial charge is 0.389 e. The second-order valence-corrected chi connectivity index (χ2v) is 20.1. The molecule has 1 saturated carbocycles. The van der Waals surface area contributed by atoms with E-state index in [4.69, 9.17) is 0 Å². The van der Waals surface area contributed by atoms with Gasteiger partial charge >= 0.3 is 0 Å². The van der Waals surface area contributed by atoms with Gasteiger partial charge in [0, 0.05) is 46.3 Å². The van der Waals surface area contributed by atoms with Crippen LogP contribution in [0.1, 0.15) is 146 Å². The van der Waals surface area contributed by atoms with Crippen molar-refractivity contribution in [3.05, 3.63) is 157 Å². The van der Waals surface area contributed by atoms with Crippen LogP contribution in [0, 0.1) is 17.8 Å². The van der Waals surface area contributed by atoms with Gasteiger partial charge in [0.05, 0.1) is 0 Å². The van der Waals surface area contributed by atoms with Gasteiger partial charge in [-0.1, -0.05) is 78.9 Å². The Bertz CT molecular complexity index is 2950. The lowest BCUT2D eigenvalue weighted by molar-refractivity contribution is -0.121. The van der Waals surface area contributed by atoms with Gasteiger partial charge < -0.3 is 5.11 Å². The Hall–Kier alpha value is -4.53. The zero-order valence-corrected chi connectivity index (χ0v) is 29.9. The van der Waals surface area contributed by atoms with Crippen molar-refractivity contribution in [3.8, 4) is 22.3 Å². The molecule has 0 saturated heterocycles. The number of hydrogen-bond donors (Lipinski definition) is 1. The fourth-order valence-electron chi connectivity index (χ4n) is 19.4. The zero-order valence-electron chi connectivity index (χ0n) is 29.9. The first-order valence-corrected chi connectivity index (χ1v) is 21.3. The van der Waals surface area contributed by atoms with E-state index in [-0.39, 0.29) is 28.6 Å². The fraction of sp³-hybridized carbons (Fsp3) is 0.365. The molecule has 14 aliphatic carbocycles. The Morgan fingerprint density at radius 1 is 0.704 bits per heavy atom. The summed E-state index contributed by atoms with van der Waals surface area (Å²) in [4.78, 5) is 13.0. The molecule has 54 heavy (non-hydrogen) atoms. The van der Waals surface area contributed by atoms with E-state index in [9.17, 15) is 9.90 Å². The van der Waals surface area contributed by atoms with E-state index in [0.29, 0.717) is 65.6 Å². The molecule has 4 aromatic carbocycles. The summed E-state index contributed by atoms with van der Waals surface area (Å²) in [5.74, 6) is 5.31. The maximum atomic E-state index is 13.0. The predicted molar refractivity (Wildman–Crippen MR) is 206 cm³/mol. The average Bonchev–Trinajstić information content (AvgIpc) is 3.86. The maximum absolute atomic E-state index is 13.0. The monoisotopic (exact) mass is 692 g/mol. The molecule has 0 radical (unpaired) electrons. The fourth-order valence-corrected chi connectivity index (χ4v) is 19.4. The third-order valence-electron chi connectivity index (χ3n) is 19.7. The van der Waals surface area contributed by atoms with Crippen molar-refractivity contribution >= 4 is 11.4 Å². The van der Waals surface area contributed by atoms with E-state index in [1.807, 2.05) is 11.1 Å². The third-order valence-corrected chi connectivity index (χ3v) is 19.7. The second-order valence-electron chi connectivity index (χ2n) is 20.1. The summed E-state index contributed by atoms with van der Waals surface area (Å²) in [6.07, 6.45) is 21.0. The highest BCUT2D eigenvalue weighted by molar-refractivity contribution is 6.12. The van der Waals surface area contributed by atoms with Crippen molar-refractivity contribution < 1.29 is 9.90 Å². The van der Waals surface area contributed by atoms with Gasteiger partial charge in [0.2, 0.25) is 0 Å². The van der Waals surface area contributed by atoms with Crippen LogP contribution in [0.15, 0.2) is 84.5 Å². The molecule has 0 heterocycles. The third kappa shape index (κ3) is 1.90. The number of fused-ring (bicyclic) bond motifs is 4. The highest BCUT2D eigenvalue weighted by atomic mass is 16.3. The van der Waals surface area contributed by atoms with E-state index >= 15 is 0 Å². The highest BCUT2D eigenvalue weighted by Crippen LogP contribution is 3.00. The summed E-state index contributed by atoms with van der Waals surface area (Å²) in [6, 6.07) is 17.1. The van der Waals surface area contributed by atoms with Crippen LogP contribution in [0.25, 0.3) is 27.8 Å². The second kappa shape index (κ2) is 7.28.